The molecule has 1 aromatic carbocycles. The van der Waals surface area contributed by atoms with Gasteiger partial charge in [-0.25, -0.2) is 4.39 Å². The van der Waals surface area contributed by atoms with Crippen LogP contribution >= 0.6 is 15.9 Å². The van der Waals surface area contributed by atoms with E-state index < -0.39 is 0 Å². The van der Waals surface area contributed by atoms with E-state index in [0.717, 1.165) is 17.8 Å². The fourth-order valence-electron chi connectivity index (χ4n) is 4.52. The molecular weight excluding hydrogens is 353 g/mol. The van der Waals surface area contributed by atoms with E-state index in [-0.39, 0.29) is 27.6 Å². The summed E-state index contributed by atoms with van der Waals surface area (Å²) in [4.78, 5) is 2.45. The minimum Gasteiger partial charge on any atom is -0.365 e. The SMILES string of the molecule is CC(C)(C)N1CC(C(C)(C)C)(C(C)(C)C)c2c1ccc(F)c2Br. The Labute approximate surface area is 149 Å². The molecule has 3 heteroatoms. The number of benzene rings is 1. The first-order chi connectivity index (χ1) is 10.1. The number of halogens is 2. The summed E-state index contributed by atoms with van der Waals surface area (Å²) in [5.74, 6) is -0.169. The highest BCUT2D eigenvalue weighted by Gasteiger charge is 2.59. The Kier molecular flexibility index (Phi) is 4.25. The van der Waals surface area contributed by atoms with Crippen molar-refractivity contribution in [1.29, 1.82) is 0 Å². The first-order valence-electron chi connectivity index (χ1n) is 8.41. The van der Waals surface area contributed by atoms with Gasteiger partial charge in [-0.2, -0.15) is 0 Å². The van der Waals surface area contributed by atoms with E-state index in [9.17, 15) is 4.39 Å². The van der Waals surface area contributed by atoms with Gasteiger partial charge in [-0.15, -0.1) is 0 Å². The molecule has 0 unspecified atom stereocenters. The highest BCUT2D eigenvalue weighted by Crippen LogP contribution is 2.62. The molecule has 0 aliphatic carbocycles. The molecule has 1 nitrogen and oxygen atoms in total. The molecule has 2 rings (SSSR count). The second-order valence-electron chi connectivity index (χ2n) is 9.92. The summed E-state index contributed by atoms with van der Waals surface area (Å²) >= 11 is 3.58. The molecule has 0 saturated carbocycles. The molecule has 0 N–H and O–H groups in total. The average Bonchev–Trinajstić information content (AvgIpc) is 2.69. The van der Waals surface area contributed by atoms with Crippen molar-refractivity contribution in [2.24, 2.45) is 10.8 Å². The number of anilines is 1. The normalized spacial score (nSPS) is 18.3. The van der Waals surface area contributed by atoms with Crippen LogP contribution in [-0.2, 0) is 5.41 Å². The molecule has 0 bridgehead atoms. The molecule has 0 radical (unpaired) electrons. The predicted octanol–water partition coefficient (Wildman–Crippen LogP) is 6.54. The largest absolute Gasteiger partial charge is 0.365 e. The van der Waals surface area contributed by atoms with Gasteiger partial charge in [0.15, 0.2) is 0 Å². The first-order valence-corrected chi connectivity index (χ1v) is 9.20. The molecule has 0 atom stereocenters. The van der Waals surface area contributed by atoms with Gasteiger partial charge < -0.3 is 4.90 Å². The van der Waals surface area contributed by atoms with Crippen LogP contribution in [0.25, 0.3) is 0 Å². The minimum absolute atomic E-state index is 0.00366. The summed E-state index contributed by atoms with van der Waals surface area (Å²) < 4.78 is 15.1. The van der Waals surface area contributed by atoms with E-state index in [1.165, 1.54) is 0 Å². The summed E-state index contributed by atoms with van der Waals surface area (Å²) in [6, 6.07) is 3.54. The fraction of sp³-hybridized carbons (Fsp3) is 0.700. The van der Waals surface area contributed by atoms with Crippen LogP contribution in [0.5, 0.6) is 0 Å². The lowest BCUT2D eigenvalue weighted by Gasteiger charge is -2.53. The number of nitrogens with zero attached hydrogens (tertiary/aromatic N) is 1. The molecule has 0 saturated heterocycles. The van der Waals surface area contributed by atoms with Gasteiger partial charge in [0.25, 0.3) is 0 Å². The molecule has 1 aromatic rings. The number of hydrogen-bond acceptors (Lipinski definition) is 1. The van der Waals surface area contributed by atoms with Crippen LogP contribution in [0.3, 0.4) is 0 Å². The van der Waals surface area contributed by atoms with Gasteiger partial charge in [-0.05, 0) is 59.7 Å². The minimum atomic E-state index is -0.169. The number of rotatable bonds is 0. The Morgan fingerprint density at radius 2 is 1.43 bits per heavy atom. The number of hydrogen-bond donors (Lipinski definition) is 0. The van der Waals surface area contributed by atoms with E-state index in [2.05, 4.69) is 83.1 Å². The molecule has 130 valence electrons. The maximum absolute atomic E-state index is 14.5. The van der Waals surface area contributed by atoms with E-state index in [4.69, 9.17) is 0 Å². The maximum Gasteiger partial charge on any atom is 0.137 e. The van der Waals surface area contributed by atoms with Crippen LogP contribution in [0.4, 0.5) is 10.1 Å². The molecule has 1 heterocycles. The van der Waals surface area contributed by atoms with Gasteiger partial charge in [0.05, 0.1) is 4.47 Å². The second-order valence-corrected chi connectivity index (χ2v) is 10.7. The third-order valence-corrected chi connectivity index (χ3v) is 6.33. The van der Waals surface area contributed by atoms with Gasteiger partial charge >= 0.3 is 0 Å². The molecule has 0 spiro atoms. The van der Waals surface area contributed by atoms with Crippen molar-refractivity contribution in [3.05, 3.63) is 28.0 Å². The Morgan fingerprint density at radius 1 is 0.957 bits per heavy atom. The second kappa shape index (κ2) is 5.21. The third-order valence-electron chi connectivity index (χ3n) is 5.56. The lowest BCUT2D eigenvalue weighted by atomic mass is 9.52. The summed E-state index contributed by atoms with van der Waals surface area (Å²) in [5, 5.41) is 0. The molecule has 1 aliphatic heterocycles. The summed E-state index contributed by atoms with van der Waals surface area (Å²) in [6.07, 6.45) is 0. The molecule has 1 aliphatic rings. The maximum atomic E-state index is 14.5. The van der Waals surface area contributed by atoms with Crippen molar-refractivity contribution in [1.82, 2.24) is 0 Å². The monoisotopic (exact) mass is 383 g/mol. The van der Waals surface area contributed by atoms with Crippen LogP contribution in [0.15, 0.2) is 16.6 Å². The standard InChI is InChI=1S/C20H31BrFN/c1-17(2,3)20(18(4,5)6)12-23(19(7,8)9)14-11-10-13(22)16(21)15(14)20/h10-11H,12H2,1-9H3. The van der Waals surface area contributed by atoms with E-state index in [1.54, 1.807) is 6.07 Å². The van der Waals surface area contributed by atoms with Crippen molar-refractivity contribution < 1.29 is 4.39 Å². The van der Waals surface area contributed by atoms with Crippen molar-refractivity contribution in [2.45, 2.75) is 73.3 Å². The number of fused-ring (bicyclic) bond motifs is 1. The summed E-state index contributed by atoms with van der Waals surface area (Å²) in [6.45, 7) is 21.3. The average molecular weight is 384 g/mol. The van der Waals surface area contributed by atoms with Gasteiger partial charge in [0, 0.05) is 28.7 Å². The zero-order valence-electron chi connectivity index (χ0n) is 16.1. The fourth-order valence-corrected chi connectivity index (χ4v) is 5.19. The van der Waals surface area contributed by atoms with E-state index >= 15 is 0 Å². The predicted molar refractivity (Wildman–Crippen MR) is 102 cm³/mol. The van der Waals surface area contributed by atoms with E-state index in [0.29, 0.717) is 4.47 Å². The molecular formula is C20H31BrFN. The lowest BCUT2D eigenvalue weighted by Crippen LogP contribution is -2.55. The van der Waals surface area contributed by atoms with Gasteiger partial charge in [-0.3, -0.25) is 0 Å². The van der Waals surface area contributed by atoms with Crippen molar-refractivity contribution in [2.75, 3.05) is 11.4 Å². The Morgan fingerprint density at radius 3 is 1.83 bits per heavy atom. The van der Waals surface area contributed by atoms with Gasteiger partial charge in [0.1, 0.15) is 5.82 Å². The van der Waals surface area contributed by atoms with Crippen LogP contribution in [0.2, 0.25) is 0 Å². The molecule has 0 aromatic heterocycles. The molecule has 0 fully saturated rings. The summed E-state index contributed by atoms with van der Waals surface area (Å²) in [5.41, 5.74) is 2.13. The summed E-state index contributed by atoms with van der Waals surface area (Å²) in [7, 11) is 0. The quantitative estimate of drug-likeness (QED) is 0.491. The van der Waals surface area contributed by atoms with Crippen LogP contribution in [0.1, 0.15) is 67.9 Å². The zero-order valence-corrected chi connectivity index (χ0v) is 17.7. The van der Waals surface area contributed by atoms with Crippen molar-refractivity contribution in [3.63, 3.8) is 0 Å². The van der Waals surface area contributed by atoms with Crippen LogP contribution < -0.4 is 4.90 Å². The topological polar surface area (TPSA) is 3.24 Å². The molecule has 23 heavy (non-hydrogen) atoms. The smallest absolute Gasteiger partial charge is 0.137 e. The Hall–Kier alpha value is -0.570. The van der Waals surface area contributed by atoms with Crippen molar-refractivity contribution in [3.8, 4) is 0 Å². The highest BCUT2D eigenvalue weighted by molar-refractivity contribution is 9.10. The zero-order chi connectivity index (χ0) is 18.0. The van der Waals surface area contributed by atoms with E-state index in [1.807, 2.05) is 6.07 Å². The van der Waals surface area contributed by atoms with Crippen LogP contribution in [0, 0.1) is 16.6 Å². The lowest BCUT2D eigenvalue weighted by molar-refractivity contribution is 0.0627. The van der Waals surface area contributed by atoms with Crippen molar-refractivity contribution >= 4 is 21.6 Å². The third kappa shape index (κ3) is 2.63. The molecule has 0 amide bonds. The van der Waals surface area contributed by atoms with Crippen LogP contribution in [-0.4, -0.2) is 12.1 Å². The Bertz CT molecular complexity index is 600. The first kappa shape index (κ1) is 18.8. The highest BCUT2D eigenvalue weighted by atomic mass is 79.9. The Balaban J connectivity index is 2.92. The van der Waals surface area contributed by atoms with Gasteiger partial charge in [0.2, 0.25) is 0 Å². The van der Waals surface area contributed by atoms with Gasteiger partial charge in [-0.1, -0.05) is 41.5 Å².